The van der Waals surface area contributed by atoms with Crippen LogP contribution in [0.15, 0.2) is 35.3 Å². The van der Waals surface area contributed by atoms with Crippen molar-refractivity contribution in [1.29, 1.82) is 0 Å². The average Bonchev–Trinajstić information content (AvgIpc) is 3.32. The van der Waals surface area contributed by atoms with Crippen molar-refractivity contribution in [3.05, 3.63) is 41.7 Å². The van der Waals surface area contributed by atoms with Gasteiger partial charge in [0.15, 0.2) is 5.96 Å². The molecule has 0 radical (unpaired) electrons. The largest absolute Gasteiger partial charge is 0.353 e. The van der Waals surface area contributed by atoms with Crippen molar-refractivity contribution in [2.75, 3.05) is 37.6 Å². The van der Waals surface area contributed by atoms with Gasteiger partial charge in [-0.05, 0) is 18.9 Å². The first-order valence-electron chi connectivity index (χ1n) is 9.97. The molecule has 2 heterocycles. The Morgan fingerprint density at radius 2 is 1.96 bits per heavy atom. The van der Waals surface area contributed by atoms with Crippen LogP contribution in [0.25, 0.3) is 0 Å². The molecule has 1 aromatic carbocycles. The summed E-state index contributed by atoms with van der Waals surface area (Å²) in [4.78, 5) is 14.1. The molecule has 0 spiro atoms. The molecule has 6 nitrogen and oxygen atoms in total. The molecule has 0 amide bonds. The van der Waals surface area contributed by atoms with Crippen LogP contribution < -0.4 is 10.2 Å². The summed E-state index contributed by atoms with van der Waals surface area (Å²) in [6.07, 6.45) is 2.09. The lowest BCUT2D eigenvalue weighted by atomic mass is 10.1. The summed E-state index contributed by atoms with van der Waals surface area (Å²) in [6, 6.07) is 11.3. The van der Waals surface area contributed by atoms with Crippen molar-refractivity contribution in [2.45, 2.75) is 38.6 Å². The highest BCUT2D eigenvalue weighted by molar-refractivity contribution is 7.09. The fourth-order valence-corrected chi connectivity index (χ4v) is 4.40. The topological polar surface area (TPSA) is 56.7 Å². The summed E-state index contributed by atoms with van der Waals surface area (Å²) in [7, 11) is 0. The first-order chi connectivity index (χ1) is 13.3. The average molecular weight is 385 g/mol. The SMILES string of the molecule is CCN=C(NC1CC1c1ccccc1)N1CCN(c2nc(CC)ns2)CC1. The molecule has 1 saturated carbocycles. The van der Waals surface area contributed by atoms with E-state index in [1.165, 1.54) is 23.5 Å². The zero-order valence-corrected chi connectivity index (χ0v) is 17.0. The van der Waals surface area contributed by atoms with Crippen LogP contribution >= 0.6 is 11.5 Å². The molecule has 2 atom stereocenters. The number of piperazine rings is 1. The summed E-state index contributed by atoms with van der Waals surface area (Å²) in [5, 5.41) is 4.77. The van der Waals surface area contributed by atoms with E-state index in [-0.39, 0.29) is 0 Å². The van der Waals surface area contributed by atoms with Crippen molar-refractivity contribution in [1.82, 2.24) is 19.6 Å². The second kappa shape index (κ2) is 8.25. The number of hydrogen-bond donors (Lipinski definition) is 1. The third-order valence-electron chi connectivity index (χ3n) is 5.26. The lowest BCUT2D eigenvalue weighted by Crippen LogP contribution is -2.53. The second-order valence-corrected chi connectivity index (χ2v) is 7.85. The number of nitrogens with zero attached hydrogens (tertiary/aromatic N) is 5. The molecule has 2 fully saturated rings. The highest BCUT2D eigenvalue weighted by Crippen LogP contribution is 2.40. The fraction of sp³-hybridized carbons (Fsp3) is 0.550. The Morgan fingerprint density at radius 3 is 2.63 bits per heavy atom. The summed E-state index contributed by atoms with van der Waals surface area (Å²) in [5.74, 6) is 2.63. The number of guanidine groups is 1. The highest BCUT2D eigenvalue weighted by atomic mass is 32.1. The number of aliphatic imine (C=N–C) groups is 1. The number of benzene rings is 1. The van der Waals surface area contributed by atoms with E-state index in [9.17, 15) is 0 Å². The lowest BCUT2D eigenvalue weighted by Gasteiger charge is -2.36. The molecule has 0 bridgehead atoms. The van der Waals surface area contributed by atoms with Crippen LogP contribution in [0.1, 0.15) is 37.6 Å². The minimum Gasteiger partial charge on any atom is -0.353 e. The monoisotopic (exact) mass is 384 g/mol. The van der Waals surface area contributed by atoms with Gasteiger partial charge in [-0.15, -0.1) is 0 Å². The van der Waals surface area contributed by atoms with Gasteiger partial charge in [0.05, 0.1) is 0 Å². The Kier molecular flexibility index (Phi) is 5.57. The second-order valence-electron chi connectivity index (χ2n) is 7.12. The Hall–Kier alpha value is -2.15. The van der Waals surface area contributed by atoms with E-state index in [4.69, 9.17) is 4.99 Å². The quantitative estimate of drug-likeness (QED) is 0.635. The number of nitrogens with one attached hydrogen (secondary N) is 1. The van der Waals surface area contributed by atoms with E-state index < -0.39 is 0 Å². The maximum atomic E-state index is 4.76. The van der Waals surface area contributed by atoms with E-state index in [1.54, 1.807) is 0 Å². The molecule has 1 aliphatic carbocycles. The van der Waals surface area contributed by atoms with Crippen molar-refractivity contribution in [3.63, 3.8) is 0 Å². The third-order valence-corrected chi connectivity index (χ3v) is 6.08. The standard InChI is InChI=1S/C20H28N6S/c1-3-18-23-20(27-24-18)26-12-10-25(11-13-26)19(21-4-2)22-17-14-16(17)15-8-6-5-7-9-15/h5-9,16-17H,3-4,10-14H2,1-2H3,(H,21,22). The number of hydrogen-bond acceptors (Lipinski definition) is 5. The third kappa shape index (κ3) is 4.24. The first-order valence-corrected chi connectivity index (χ1v) is 10.7. The molecule has 1 aliphatic heterocycles. The number of aryl methyl sites for hydroxylation is 1. The molecular weight excluding hydrogens is 356 g/mol. The molecule has 2 aromatic rings. The number of rotatable bonds is 5. The van der Waals surface area contributed by atoms with Crippen molar-refractivity contribution in [2.24, 2.45) is 4.99 Å². The van der Waals surface area contributed by atoms with Crippen LogP contribution in [0.4, 0.5) is 5.13 Å². The maximum Gasteiger partial charge on any atom is 0.205 e. The normalized spacial score (nSPS) is 22.8. The molecule has 1 N–H and O–H groups in total. The van der Waals surface area contributed by atoms with Crippen LogP contribution in [-0.2, 0) is 6.42 Å². The number of aromatic nitrogens is 2. The minimum atomic E-state index is 0.506. The highest BCUT2D eigenvalue weighted by Gasteiger charge is 2.39. The van der Waals surface area contributed by atoms with Crippen LogP contribution in [0.2, 0.25) is 0 Å². The Morgan fingerprint density at radius 1 is 1.19 bits per heavy atom. The predicted octanol–water partition coefficient (Wildman–Crippen LogP) is 2.74. The van der Waals surface area contributed by atoms with Crippen molar-refractivity contribution < 1.29 is 0 Å². The predicted molar refractivity (Wildman–Crippen MR) is 112 cm³/mol. The van der Waals surface area contributed by atoms with Crippen LogP contribution in [0.5, 0.6) is 0 Å². The summed E-state index contributed by atoms with van der Waals surface area (Å²) in [5.41, 5.74) is 1.43. The van der Waals surface area contributed by atoms with Gasteiger partial charge < -0.3 is 15.1 Å². The summed E-state index contributed by atoms with van der Waals surface area (Å²) in [6.45, 7) is 8.88. The van der Waals surface area contributed by atoms with Gasteiger partial charge in [0.1, 0.15) is 5.82 Å². The van der Waals surface area contributed by atoms with Gasteiger partial charge in [0.2, 0.25) is 5.13 Å². The molecule has 7 heteroatoms. The molecular formula is C20H28N6S. The fourth-order valence-electron chi connectivity index (χ4n) is 3.60. The van der Waals surface area contributed by atoms with Gasteiger partial charge in [-0.25, -0.2) is 4.98 Å². The van der Waals surface area contributed by atoms with E-state index in [0.717, 1.165) is 56.1 Å². The maximum absolute atomic E-state index is 4.76. The van der Waals surface area contributed by atoms with Gasteiger partial charge in [0, 0.05) is 62.6 Å². The van der Waals surface area contributed by atoms with Crippen LogP contribution in [-0.4, -0.2) is 59.0 Å². The van der Waals surface area contributed by atoms with E-state index >= 15 is 0 Å². The van der Waals surface area contributed by atoms with Gasteiger partial charge in [-0.1, -0.05) is 37.3 Å². The Balaban J connectivity index is 1.33. The van der Waals surface area contributed by atoms with Gasteiger partial charge in [-0.2, -0.15) is 4.37 Å². The molecule has 1 saturated heterocycles. The Bertz CT molecular complexity index is 766. The van der Waals surface area contributed by atoms with Crippen molar-refractivity contribution >= 4 is 22.6 Å². The summed E-state index contributed by atoms with van der Waals surface area (Å²) < 4.78 is 4.42. The molecule has 2 unspecified atom stereocenters. The summed E-state index contributed by atoms with van der Waals surface area (Å²) >= 11 is 1.52. The minimum absolute atomic E-state index is 0.506. The molecule has 27 heavy (non-hydrogen) atoms. The van der Waals surface area contributed by atoms with E-state index in [1.807, 2.05) is 0 Å². The smallest absolute Gasteiger partial charge is 0.205 e. The molecule has 2 aliphatic rings. The van der Waals surface area contributed by atoms with Crippen LogP contribution in [0, 0.1) is 0 Å². The first kappa shape index (κ1) is 18.2. The van der Waals surface area contributed by atoms with Gasteiger partial charge in [-0.3, -0.25) is 4.99 Å². The van der Waals surface area contributed by atoms with Gasteiger partial charge >= 0.3 is 0 Å². The van der Waals surface area contributed by atoms with Crippen molar-refractivity contribution in [3.8, 4) is 0 Å². The van der Waals surface area contributed by atoms with Crippen LogP contribution in [0.3, 0.4) is 0 Å². The molecule has 144 valence electrons. The zero-order valence-electron chi connectivity index (χ0n) is 16.1. The lowest BCUT2D eigenvalue weighted by molar-refractivity contribution is 0.371. The molecule has 1 aromatic heterocycles. The number of anilines is 1. The molecule has 4 rings (SSSR count). The van der Waals surface area contributed by atoms with E-state index in [0.29, 0.717) is 12.0 Å². The Labute approximate surface area is 165 Å². The van der Waals surface area contributed by atoms with Gasteiger partial charge in [0.25, 0.3) is 0 Å². The zero-order chi connectivity index (χ0) is 18.6. The van der Waals surface area contributed by atoms with E-state index in [2.05, 4.69) is 68.7 Å².